The van der Waals surface area contributed by atoms with Gasteiger partial charge in [-0.3, -0.25) is 9.59 Å². The fourth-order valence-corrected chi connectivity index (χ4v) is 4.39. The number of rotatable bonds is 12. The molecule has 0 aliphatic carbocycles. The molecule has 0 saturated heterocycles. The third-order valence-corrected chi connectivity index (χ3v) is 7.33. The molecule has 0 bridgehead atoms. The van der Waals surface area contributed by atoms with Gasteiger partial charge in [0.15, 0.2) is 0 Å². The number of ether oxygens (including phenoxy) is 1. The first-order chi connectivity index (χ1) is 17.8. The highest BCUT2D eigenvalue weighted by Crippen LogP contribution is 2.19. The van der Waals surface area contributed by atoms with Crippen LogP contribution in [0.1, 0.15) is 67.7 Å². The molecule has 0 N–H and O–H groups in total. The van der Waals surface area contributed by atoms with Gasteiger partial charge in [0, 0.05) is 36.1 Å². The predicted molar refractivity (Wildman–Crippen MR) is 149 cm³/mol. The van der Waals surface area contributed by atoms with Gasteiger partial charge in [-0.05, 0) is 81.1 Å². The number of carbonyl (C=O) groups excluding carboxylic acids is 2. The van der Waals surface area contributed by atoms with E-state index in [-0.39, 0.29) is 30.4 Å². The molecule has 0 fully saturated rings. The second-order valence-corrected chi connectivity index (χ2v) is 9.75. The summed E-state index contributed by atoms with van der Waals surface area (Å²) < 4.78 is 7.44. The number of carbonyl (C=O) groups is 2. The van der Waals surface area contributed by atoms with Gasteiger partial charge in [-0.15, -0.1) is 0 Å². The van der Waals surface area contributed by atoms with Crippen LogP contribution >= 0.6 is 0 Å². The number of nitrogens with zero attached hydrogens (tertiary/aromatic N) is 3. The molecule has 3 aromatic rings. The maximum absolute atomic E-state index is 13.8. The van der Waals surface area contributed by atoms with E-state index in [9.17, 15) is 9.59 Å². The molecular weight excluding hydrogens is 462 g/mol. The number of aryl methyl sites for hydroxylation is 1. The Morgan fingerprint density at radius 1 is 0.892 bits per heavy atom. The van der Waals surface area contributed by atoms with Crippen molar-refractivity contribution in [3.05, 3.63) is 89.2 Å². The van der Waals surface area contributed by atoms with Gasteiger partial charge >= 0.3 is 0 Å². The summed E-state index contributed by atoms with van der Waals surface area (Å²) in [6.07, 6.45) is 3.66. The summed E-state index contributed by atoms with van der Waals surface area (Å²) in [6, 6.07) is 19.5. The smallest absolute Gasteiger partial charge is 0.254 e. The molecular formula is C31H41N3O3. The van der Waals surface area contributed by atoms with Crippen molar-refractivity contribution < 1.29 is 14.3 Å². The summed E-state index contributed by atoms with van der Waals surface area (Å²) in [4.78, 5) is 30.8. The van der Waals surface area contributed by atoms with Gasteiger partial charge in [-0.2, -0.15) is 0 Å². The van der Waals surface area contributed by atoms with Gasteiger partial charge < -0.3 is 19.1 Å². The van der Waals surface area contributed by atoms with E-state index in [0.717, 1.165) is 25.1 Å². The van der Waals surface area contributed by atoms with E-state index in [0.29, 0.717) is 17.9 Å². The molecule has 0 saturated carbocycles. The van der Waals surface area contributed by atoms with Crippen LogP contribution in [0.2, 0.25) is 0 Å². The largest absolute Gasteiger partial charge is 0.497 e. The molecule has 2 aromatic carbocycles. The third-order valence-electron chi connectivity index (χ3n) is 7.33. The Balaban J connectivity index is 1.82. The fourth-order valence-electron chi connectivity index (χ4n) is 4.39. The van der Waals surface area contributed by atoms with Crippen molar-refractivity contribution >= 4 is 11.8 Å². The van der Waals surface area contributed by atoms with Crippen molar-refractivity contribution in [1.82, 2.24) is 14.4 Å². The van der Waals surface area contributed by atoms with Crippen molar-refractivity contribution in [2.45, 2.75) is 72.6 Å². The van der Waals surface area contributed by atoms with Crippen LogP contribution in [0.25, 0.3) is 0 Å². The summed E-state index contributed by atoms with van der Waals surface area (Å²) in [5.41, 5.74) is 4.14. The lowest BCUT2D eigenvalue weighted by Gasteiger charge is -2.34. The second-order valence-electron chi connectivity index (χ2n) is 9.75. The molecule has 0 aliphatic rings. The highest BCUT2D eigenvalue weighted by Gasteiger charge is 2.28. The molecule has 3 rings (SSSR count). The molecule has 6 nitrogen and oxygen atoms in total. The van der Waals surface area contributed by atoms with Crippen LogP contribution in [0.3, 0.4) is 0 Å². The molecule has 2 amide bonds. The molecule has 0 aliphatic heterocycles. The van der Waals surface area contributed by atoms with Crippen molar-refractivity contribution in [3.63, 3.8) is 0 Å². The van der Waals surface area contributed by atoms with E-state index in [1.165, 1.54) is 11.1 Å². The third kappa shape index (κ3) is 7.03. The van der Waals surface area contributed by atoms with Crippen LogP contribution in [0.5, 0.6) is 5.75 Å². The Morgan fingerprint density at radius 2 is 1.54 bits per heavy atom. The summed E-state index contributed by atoms with van der Waals surface area (Å²) in [5, 5.41) is 0. The summed E-state index contributed by atoms with van der Waals surface area (Å²) in [5.74, 6) is 0.511. The van der Waals surface area contributed by atoms with E-state index in [1.807, 2.05) is 24.8 Å². The van der Waals surface area contributed by atoms with Crippen LogP contribution in [-0.2, 0) is 17.9 Å². The number of benzene rings is 2. The van der Waals surface area contributed by atoms with E-state index < -0.39 is 0 Å². The zero-order chi connectivity index (χ0) is 26.9. The van der Waals surface area contributed by atoms with Gasteiger partial charge in [0.05, 0.1) is 13.7 Å². The molecule has 198 valence electrons. The van der Waals surface area contributed by atoms with Crippen LogP contribution in [0.4, 0.5) is 0 Å². The Morgan fingerprint density at radius 3 is 2.16 bits per heavy atom. The number of amides is 2. The zero-order valence-corrected chi connectivity index (χ0v) is 23.1. The van der Waals surface area contributed by atoms with Crippen molar-refractivity contribution in [3.8, 4) is 5.75 Å². The number of hydrogen-bond donors (Lipinski definition) is 0. The van der Waals surface area contributed by atoms with Crippen LogP contribution in [0.15, 0.2) is 66.9 Å². The first-order valence-corrected chi connectivity index (χ1v) is 13.2. The SMILES string of the molecule is CCC(C)N(Cc1cccn1Cc1ccccc1C)C(=O)CN(C(=O)c1ccc(OC)cc1)C(C)CC. The fraction of sp³-hybridized carbons (Fsp3) is 0.419. The lowest BCUT2D eigenvalue weighted by atomic mass is 10.1. The average Bonchev–Trinajstić information content (AvgIpc) is 3.36. The number of methoxy groups -OCH3 is 1. The summed E-state index contributed by atoms with van der Waals surface area (Å²) >= 11 is 0. The minimum Gasteiger partial charge on any atom is -0.497 e. The van der Waals surface area contributed by atoms with Gasteiger partial charge in [0.25, 0.3) is 5.91 Å². The molecule has 1 aromatic heterocycles. The standard InChI is InChI=1S/C31H41N3O3/c1-7-24(4)33(21-28-14-11-19-32(28)20-27-13-10-9-12-23(27)3)30(35)22-34(25(5)8-2)31(36)26-15-17-29(37-6)18-16-26/h9-19,24-25H,7-8,20-22H2,1-6H3. The maximum Gasteiger partial charge on any atom is 0.254 e. The van der Waals surface area contributed by atoms with Crippen molar-refractivity contribution in [2.75, 3.05) is 13.7 Å². The number of hydrogen-bond acceptors (Lipinski definition) is 3. The highest BCUT2D eigenvalue weighted by molar-refractivity contribution is 5.96. The minimum atomic E-state index is -0.141. The van der Waals surface area contributed by atoms with E-state index in [2.05, 4.69) is 61.9 Å². The Kier molecular flexibility index (Phi) is 9.95. The first-order valence-electron chi connectivity index (χ1n) is 13.2. The van der Waals surface area contributed by atoms with Crippen molar-refractivity contribution in [2.24, 2.45) is 0 Å². The monoisotopic (exact) mass is 503 g/mol. The quantitative estimate of drug-likeness (QED) is 0.308. The van der Waals surface area contributed by atoms with Gasteiger partial charge in [0.2, 0.25) is 5.91 Å². The molecule has 2 atom stereocenters. The van der Waals surface area contributed by atoms with E-state index >= 15 is 0 Å². The van der Waals surface area contributed by atoms with Crippen molar-refractivity contribution in [1.29, 1.82) is 0 Å². The first kappa shape index (κ1) is 28.0. The Hall–Kier alpha value is -3.54. The summed E-state index contributed by atoms with van der Waals surface area (Å²) in [6.45, 7) is 11.6. The molecule has 6 heteroatoms. The maximum atomic E-state index is 13.8. The lowest BCUT2D eigenvalue weighted by Crippen LogP contribution is -2.48. The summed E-state index contributed by atoms with van der Waals surface area (Å²) in [7, 11) is 1.60. The van der Waals surface area contributed by atoms with Gasteiger partial charge in [-0.25, -0.2) is 0 Å². The van der Waals surface area contributed by atoms with Crippen LogP contribution in [-0.4, -0.2) is 51.9 Å². The predicted octanol–water partition coefficient (Wildman–Crippen LogP) is 5.92. The van der Waals surface area contributed by atoms with Crippen LogP contribution < -0.4 is 4.74 Å². The van der Waals surface area contributed by atoms with Gasteiger partial charge in [0.1, 0.15) is 12.3 Å². The van der Waals surface area contributed by atoms with E-state index in [4.69, 9.17) is 4.74 Å². The lowest BCUT2D eigenvalue weighted by molar-refractivity contribution is -0.135. The number of aromatic nitrogens is 1. The minimum absolute atomic E-state index is 0.0415. The molecule has 37 heavy (non-hydrogen) atoms. The van der Waals surface area contributed by atoms with E-state index in [1.54, 1.807) is 36.3 Å². The zero-order valence-electron chi connectivity index (χ0n) is 23.1. The van der Waals surface area contributed by atoms with Crippen LogP contribution in [0, 0.1) is 6.92 Å². The topological polar surface area (TPSA) is 54.8 Å². The molecule has 0 radical (unpaired) electrons. The average molecular weight is 504 g/mol. The molecule has 1 heterocycles. The second kappa shape index (κ2) is 13.1. The Bertz CT molecular complexity index is 1170. The van der Waals surface area contributed by atoms with Gasteiger partial charge in [-0.1, -0.05) is 38.1 Å². The normalized spacial score (nSPS) is 12.6. The Labute approximate surface area is 221 Å². The molecule has 2 unspecified atom stereocenters. The highest BCUT2D eigenvalue weighted by atomic mass is 16.5. The molecule has 0 spiro atoms.